The van der Waals surface area contributed by atoms with Crippen molar-refractivity contribution in [3.05, 3.63) is 63.5 Å². The van der Waals surface area contributed by atoms with E-state index >= 15 is 0 Å². The molecule has 1 amide bonds. The summed E-state index contributed by atoms with van der Waals surface area (Å²) in [6.07, 6.45) is 3.44. The van der Waals surface area contributed by atoms with Crippen molar-refractivity contribution in [1.29, 1.82) is 0 Å². The summed E-state index contributed by atoms with van der Waals surface area (Å²) < 4.78 is 7.54. The molecular weight excluding hydrogens is 326 g/mol. The van der Waals surface area contributed by atoms with Crippen LogP contribution in [0, 0.1) is 0 Å². The zero-order valence-corrected chi connectivity index (χ0v) is 13.6. The van der Waals surface area contributed by atoms with Gasteiger partial charge in [-0.2, -0.15) is 4.98 Å². The highest BCUT2D eigenvalue weighted by molar-refractivity contribution is 7.15. The molecule has 0 fully saturated rings. The molecule has 2 aromatic heterocycles. The second-order valence-electron chi connectivity index (χ2n) is 5.63. The molecule has 1 atom stereocenters. The second-order valence-corrected chi connectivity index (χ2v) is 6.50. The molecule has 0 saturated carbocycles. The van der Waals surface area contributed by atoms with Gasteiger partial charge in [0, 0.05) is 17.6 Å². The molecule has 1 aliphatic rings. The molecule has 4 rings (SSSR count). The highest BCUT2D eigenvalue weighted by Gasteiger charge is 2.21. The molecule has 1 aromatic carbocycles. The first-order valence-electron chi connectivity index (χ1n) is 7.70. The van der Waals surface area contributed by atoms with Crippen molar-refractivity contribution < 1.29 is 9.53 Å². The summed E-state index contributed by atoms with van der Waals surface area (Å²) in [5.41, 5.74) is 1.08. The van der Waals surface area contributed by atoms with Crippen molar-refractivity contribution in [3.8, 4) is 5.75 Å². The first-order valence-corrected chi connectivity index (χ1v) is 8.58. The fourth-order valence-electron chi connectivity index (χ4n) is 2.85. The van der Waals surface area contributed by atoms with E-state index in [0.717, 1.165) is 18.6 Å². The third kappa shape index (κ3) is 2.78. The number of thiazole rings is 1. The summed E-state index contributed by atoms with van der Waals surface area (Å²) >= 11 is 1.32. The minimum absolute atomic E-state index is 0.0691. The number of ether oxygens (including phenoxy) is 1. The summed E-state index contributed by atoms with van der Waals surface area (Å²) in [5, 5.41) is 4.65. The van der Waals surface area contributed by atoms with Crippen LogP contribution in [-0.4, -0.2) is 27.9 Å². The molecular formula is C17H15N3O3S. The molecule has 0 spiro atoms. The number of hydrogen-bond acceptors (Lipinski definition) is 5. The molecule has 3 heterocycles. The van der Waals surface area contributed by atoms with Gasteiger partial charge in [0.2, 0.25) is 0 Å². The van der Waals surface area contributed by atoms with Crippen LogP contribution in [0.1, 0.15) is 22.5 Å². The number of carbonyl (C=O) groups excluding carboxylic acids is 1. The van der Waals surface area contributed by atoms with E-state index in [2.05, 4.69) is 16.4 Å². The van der Waals surface area contributed by atoms with Crippen LogP contribution in [0.5, 0.6) is 5.75 Å². The molecule has 0 saturated heterocycles. The number of amides is 1. The second kappa shape index (κ2) is 6.09. The van der Waals surface area contributed by atoms with Crippen molar-refractivity contribution in [2.45, 2.75) is 18.9 Å². The van der Waals surface area contributed by atoms with Crippen LogP contribution in [0.2, 0.25) is 0 Å². The predicted octanol–water partition coefficient (Wildman–Crippen LogP) is 1.88. The van der Waals surface area contributed by atoms with E-state index in [0.29, 0.717) is 17.2 Å². The van der Waals surface area contributed by atoms with Crippen molar-refractivity contribution in [2.75, 3.05) is 6.54 Å². The Morgan fingerprint density at radius 1 is 1.42 bits per heavy atom. The lowest BCUT2D eigenvalue weighted by Gasteiger charge is -2.26. The number of hydrogen-bond donors (Lipinski definition) is 1. The zero-order chi connectivity index (χ0) is 16.5. The predicted molar refractivity (Wildman–Crippen MR) is 90.9 cm³/mol. The molecule has 122 valence electrons. The first kappa shape index (κ1) is 14.9. The summed E-state index contributed by atoms with van der Waals surface area (Å²) in [6.45, 7) is 0.399. The van der Waals surface area contributed by atoms with Crippen molar-refractivity contribution in [2.24, 2.45) is 0 Å². The maximum atomic E-state index is 12.4. The van der Waals surface area contributed by atoms with E-state index in [9.17, 15) is 9.59 Å². The van der Waals surface area contributed by atoms with Crippen LogP contribution in [0.25, 0.3) is 4.96 Å². The fourth-order valence-corrected chi connectivity index (χ4v) is 3.57. The summed E-state index contributed by atoms with van der Waals surface area (Å²) in [6, 6.07) is 9.20. The number of aryl methyl sites for hydroxylation is 1. The van der Waals surface area contributed by atoms with Gasteiger partial charge in [-0.05, 0) is 24.5 Å². The van der Waals surface area contributed by atoms with Gasteiger partial charge in [0.05, 0.1) is 6.54 Å². The Hall–Kier alpha value is -2.67. The zero-order valence-electron chi connectivity index (χ0n) is 12.8. The summed E-state index contributed by atoms with van der Waals surface area (Å²) in [7, 11) is 0. The van der Waals surface area contributed by atoms with Crippen LogP contribution in [0.4, 0.5) is 0 Å². The van der Waals surface area contributed by atoms with Crippen LogP contribution >= 0.6 is 11.3 Å². The first-order chi connectivity index (χ1) is 11.7. The lowest BCUT2D eigenvalue weighted by molar-refractivity contribution is 0.0912. The van der Waals surface area contributed by atoms with Gasteiger partial charge < -0.3 is 10.1 Å². The maximum Gasteiger partial charge on any atom is 0.274 e. The Bertz CT molecular complexity index is 963. The monoisotopic (exact) mass is 341 g/mol. The molecule has 3 aromatic rings. The van der Waals surface area contributed by atoms with Crippen LogP contribution < -0.4 is 15.6 Å². The molecule has 0 unspecified atom stereocenters. The lowest BCUT2D eigenvalue weighted by atomic mass is 10.0. The fraction of sp³-hybridized carbons (Fsp3) is 0.235. The SMILES string of the molecule is O=C(NC[C@H]1CCc2ccccc2O1)c1cc(=O)nc2sccn12. The third-order valence-electron chi connectivity index (χ3n) is 4.04. The van der Waals surface area contributed by atoms with Crippen LogP contribution in [0.15, 0.2) is 46.7 Å². The number of nitrogens with one attached hydrogen (secondary N) is 1. The molecule has 0 aliphatic carbocycles. The summed E-state index contributed by atoms with van der Waals surface area (Å²) in [4.78, 5) is 28.5. The normalized spacial score (nSPS) is 16.4. The average molecular weight is 341 g/mol. The molecule has 24 heavy (non-hydrogen) atoms. The van der Waals surface area contributed by atoms with Crippen LogP contribution in [0.3, 0.4) is 0 Å². The number of nitrogens with zero attached hydrogens (tertiary/aromatic N) is 2. The van der Waals surface area contributed by atoms with E-state index in [4.69, 9.17) is 4.74 Å². The Labute approximate surface area is 141 Å². The number of carbonyl (C=O) groups is 1. The summed E-state index contributed by atoms with van der Waals surface area (Å²) in [5.74, 6) is 0.578. The molecule has 0 bridgehead atoms. The number of aromatic nitrogens is 2. The van der Waals surface area contributed by atoms with Crippen molar-refractivity contribution in [1.82, 2.24) is 14.7 Å². The minimum atomic E-state index is -0.412. The Morgan fingerprint density at radius 2 is 2.29 bits per heavy atom. The highest BCUT2D eigenvalue weighted by atomic mass is 32.1. The highest BCUT2D eigenvalue weighted by Crippen LogP contribution is 2.26. The molecule has 7 heteroatoms. The van der Waals surface area contributed by atoms with Gasteiger partial charge in [-0.25, -0.2) is 0 Å². The average Bonchev–Trinajstić information content (AvgIpc) is 3.07. The minimum Gasteiger partial charge on any atom is -0.488 e. The van der Waals surface area contributed by atoms with Gasteiger partial charge in [-0.1, -0.05) is 18.2 Å². The Balaban J connectivity index is 1.47. The number of fused-ring (bicyclic) bond motifs is 2. The number of rotatable bonds is 3. The Morgan fingerprint density at radius 3 is 3.21 bits per heavy atom. The number of benzene rings is 1. The maximum absolute atomic E-state index is 12.4. The van der Waals surface area contributed by atoms with Gasteiger partial charge in [0.25, 0.3) is 11.5 Å². The van der Waals surface area contributed by atoms with E-state index in [1.807, 2.05) is 18.2 Å². The number of para-hydroxylation sites is 1. The smallest absolute Gasteiger partial charge is 0.274 e. The van der Waals surface area contributed by atoms with Gasteiger partial charge >= 0.3 is 0 Å². The van der Waals surface area contributed by atoms with Crippen LogP contribution in [-0.2, 0) is 6.42 Å². The van der Waals surface area contributed by atoms with Gasteiger partial charge in [0.1, 0.15) is 17.5 Å². The Kier molecular flexibility index (Phi) is 3.78. The lowest BCUT2D eigenvalue weighted by Crippen LogP contribution is -2.38. The topological polar surface area (TPSA) is 72.7 Å². The largest absolute Gasteiger partial charge is 0.488 e. The van der Waals surface area contributed by atoms with Crippen molar-refractivity contribution >= 4 is 22.2 Å². The van der Waals surface area contributed by atoms with Crippen molar-refractivity contribution in [3.63, 3.8) is 0 Å². The molecule has 1 N–H and O–H groups in total. The van der Waals surface area contributed by atoms with E-state index in [1.54, 1.807) is 16.0 Å². The van der Waals surface area contributed by atoms with E-state index in [-0.39, 0.29) is 12.0 Å². The third-order valence-corrected chi connectivity index (χ3v) is 4.80. The molecule has 1 aliphatic heterocycles. The van der Waals surface area contributed by atoms with E-state index < -0.39 is 5.56 Å². The van der Waals surface area contributed by atoms with Gasteiger partial charge in [-0.15, -0.1) is 11.3 Å². The van der Waals surface area contributed by atoms with Gasteiger partial charge in [0.15, 0.2) is 4.96 Å². The molecule has 6 nitrogen and oxygen atoms in total. The quantitative estimate of drug-likeness (QED) is 0.789. The molecule has 0 radical (unpaired) electrons. The van der Waals surface area contributed by atoms with E-state index in [1.165, 1.54) is 23.0 Å². The van der Waals surface area contributed by atoms with Gasteiger partial charge in [-0.3, -0.25) is 14.0 Å². The standard InChI is InChI=1S/C17H15N3O3S/c21-15-9-13(20-7-8-24-17(20)19-15)16(22)18-10-12-6-5-11-3-1-2-4-14(11)23-12/h1-4,7-9,12H,5-6,10H2,(H,18,22)/t12-/m1/s1.